The van der Waals surface area contributed by atoms with Gasteiger partial charge in [0, 0.05) is 25.4 Å². The fraction of sp³-hybridized carbons (Fsp3) is 0.909. The van der Waals surface area contributed by atoms with Gasteiger partial charge in [0.2, 0.25) is 0 Å². The van der Waals surface area contributed by atoms with Gasteiger partial charge in [-0.2, -0.15) is 0 Å². The van der Waals surface area contributed by atoms with E-state index in [-0.39, 0.29) is 5.12 Å². The maximum atomic E-state index is 11.0. The fourth-order valence-corrected chi connectivity index (χ4v) is 2.26. The van der Waals surface area contributed by atoms with Gasteiger partial charge in [-0.15, -0.1) is 0 Å². The predicted octanol–water partition coefficient (Wildman–Crippen LogP) is 3.25. The van der Waals surface area contributed by atoms with Crippen LogP contribution in [0.5, 0.6) is 0 Å². The Morgan fingerprint density at radius 3 is 2.57 bits per heavy atom. The third-order valence-corrected chi connectivity index (χ3v) is 3.14. The van der Waals surface area contributed by atoms with Crippen molar-refractivity contribution in [3.05, 3.63) is 0 Å². The molecule has 0 aliphatic rings. The van der Waals surface area contributed by atoms with Gasteiger partial charge in [-0.25, -0.2) is 0 Å². The van der Waals surface area contributed by atoms with E-state index in [4.69, 9.17) is 4.74 Å². The van der Waals surface area contributed by atoms with Gasteiger partial charge in [0.05, 0.1) is 0 Å². The molecule has 2 nitrogen and oxygen atoms in total. The van der Waals surface area contributed by atoms with Gasteiger partial charge in [-0.05, 0) is 19.8 Å². The fourth-order valence-electron chi connectivity index (χ4n) is 1.29. The van der Waals surface area contributed by atoms with Gasteiger partial charge in [-0.3, -0.25) is 4.79 Å². The van der Waals surface area contributed by atoms with E-state index in [0.717, 1.165) is 26.1 Å². The van der Waals surface area contributed by atoms with E-state index in [2.05, 4.69) is 6.92 Å². The number of ether oxygens (including phenoxy) is 1. The van der Waals surface area contributed by atoms with Crippen LogP contribution < -0.4 is 0 Å². The Balaban J connectivity index is 3.66. The molecule has 0 aliphatic carbocycles. The molecule has 0 aromatic rings. The van der Waals surface area contributed by atoms with Crippen LogP contribution in [-0.2, 0) is 9.53 Å². The Labute approximate surface area is 91.8 Å². The van der Waals surface area contributed by atoms with Crippen LogP contribution in [0.4, 0.5) is 0 Å². The van der Waals surface area contributed by atoms with E-state index >= 15 is 0 Å². The lowest BCUT2D eigenvalue weighted by molar-refractivity contribution is -0.109. The molecule has 14 heavy (non-hydrogen) atoms. The number of hydrogen-bond acceptors (Lipinski definition) is 3. The van der Waals surface area contributed by atoms with Crippen molar-refractivity contribution in [1.29, 1.82) is 0 Å². The molecule has 0 heterocycles. The van der Waals surface area contributed by atoms with Crippen molar-refractivity contribution in [3.8, 4) is 0 Å². The van der Waals surface area contributed by atoms with Gasteiger partial charge in [0.15, 0.2) is 5.12 Å². The highest BCUT2D eigenvalue weighted by molar-refractivity contribution is 8.14. The summed E-state index contributed by atoms with van der Waals surface area (Å²) in [7, 11) is 0. The molecule has 0 aromatic heterocycles. The van der Waals surface area contributed by atoms with Crippen molar-refractivity contribution in [2.24, 2.45) is 0 Å². The number of unbranched alkanes of at least 4 members (excludes halogenated alkanes) is 1. The third-order valence-electron chi connectivity index (χ3n) is 2.00. The van der Waals surface area contributed by atoms with Crippen LogP contribution in [0, 0.1) is 0 Å². The molecular weight excluding hydrogens is 196 g/mol. The Morgan fingerprint density at radius 1 is 1.36 bits per heavy atom. The van der Waals surface area contributed by atoms with Crippen molar-refractivity contribution >= 4 is 16.9 Å². The highest BCUT2D eigenvalue weighted by Gasteiger charge is 2.11. The van der Waals surface area contributed by atoms with Crippen molar-refractivity contribution in [1.82, 2.24) is 0 Å². The maximum absolute atomic E-state index is 11.0. The maximum Gasteiger partial charge on any atom is 0.186 e. The lowest BCUT2D eigenvalue weighted by Gasteiger charge is -2.13. The molecule has 0 aliphatic heterocycles. The van der Waals surface area contributed by atoms with Crippen LogP contribution in [0.3, 0.4) is 0 Å². The average molecular weight is 218 g/mol. The topological polar surface area (TPSA) is 26.3 Å². The minimum atomic E-state index is 0.225. The molecule has 0 saturated carbocycles. The molecule has 0 bridgehead atoms. The summed E-state index contributed by atoms with van der Waals surface area (Å²) in [6.45, 7) is 7.37. The molecule has 0 rings (SSSR count). The highest BCUT2D eigenvalue weighted by Crippen LogP contribution is 2.21. The molecule has 0 spiro atoms. The predicted molar refractivity (Wildman–Crippen MR) is 62.7 cm³/mol. The van der Waals surface area contributed by atoms with Crippen LogP contribution in [0.1, 0.15) is 46.5 Å². The molecule has 84 valence electrons. The summed E-state index contributed by atoms with van der Waals surface area (Å²) < 4.78 is 5.30. The lowest BCUT2D eigenvalue weighted by Crippen LogP contribution is -2.09. The number of carbonyl (C=O) groups excluding carboxylic acids is 1. The molecule has 0 fully saturated rings. The van der Waals surface area contributed by atoms with E-state index in [1.165, 1.54) is 24.6 Å². The normalized spacial score (nSPS) is 12.8. The van der Waals surface area contributed by atoms with Crippen LogP contribution >= 0.6 is 11.8 Å². The molecule has 0 radical (unpaired) electrons. The van der Waals surface area contributed by atoms with Gasteiger partial charge in [0.25, 0.3) is 0 Å². The van der Waals surface area contributed by atoms with Crippen LogP contribution in [-0.4, -0.2) is 23.6 Å². The van der Waals surface area contributed by atoms with Crippen molar-refractivity contribution in [3.63, 3.8) is 0 Å². The first-order valence-electron chi connectivity index (χ1n) is 5.45. The van der Waals surface area contributed by atoms with Gasteiger partial charge in [0.1, 0.15) is 0 Å². The van der Waals surface area contributed by atoms with Crippen LogP contribution in [0.15, 0.2) is 0 Å². The molecule has 0 saturated heterocycles. The minimum absolute atomic E-state index is 0.225. The SMILES string of the molecule is CCCCC(CCOCC)SC(C)=O. The second-order valence-electron chi connectivity index (χ2n) is 3.36. The first-order valence-corrected chi connectivity index (χ1v) is 6.33. The Kier molecular flexibility index (Phi) is 9.52. The van der Waals surface area contributed by atoms with Gasteiger partial charge >= 0.3 is 0 Å². The standard InChI is InChI=1S/C11H22O2S/c1-4-6-7-11(14-10(3)12)8-9-13-5-2/h11H,4-9H2,1-3H3. The number of carbonyl (C=O) groups is 1. The smallest absolute Gasteiger partial charge is 0.186 e. The molecule has 0 N–H and O–H groups in total. The van der Waals surface area contributed by atoms with E-state index in [1.54, 1.807) is 6.92 Å². The summed E-state index contributed by atoms with van der Waals surface area (Å²) in [6, 6.07) is 0. The molecule has 0 amide bonds. The summed E-state index contributed by atoms with van der Waals surface area (Å²) in [5.74, 6) is 0. The second kappa shape index (κ2) is 9.53. The van der Waals surface area contributed by atoms with E-state index in [0.29, 0.717) is 5.25 Å². The zero-order valence-corrected chi connectivity index (χ0v) is 10.4. The van der Waals surface area contributed by atoms with Crippen molar-refractivity contribution in [2.75, 3.05) is 13.2 Å². The Hall–Kier alpha value is -0.0200. The molecule has 0 aromatic carbocycles. The van der Waals surface area contributed by atoms with Gasteiger partial charge in [-0.1, -0.05) is 31.5 Å². The number of thioether (sulfide) groups is 1. The summed E-state index contributed by atoms with van der Waals surface area (Å²) >= 11 is 1.47. The van der Waals surface area contributed by atoms with E-state index in [9.17, 15) is 4.79 Å². The van der Waals surface area contributed by atoms with Crippen molar-refractivity contribution < 1.29 is 9.53 Å². The first-order chi connectivity index (χ1) is 6.70. The van der Waals surface area contributed by atoms with E-state index in [1.807, 2.05) is 6.92 Å². The zero-order valence-electron chi connectivity index (χ0n) is 9.54. The molecule has 1 unspecified atom stereocenters. The second-order valence-corrected chi connectivity index (χ2v) is 4.84. The number of rotatable bonds is 8. The van der Waals surface area contributed by atoms with Crippen LogP contribution in [0.2, 0.25) is 0 Å². The zero-order chi connectivity index (χ0) is 10.8. The van der Waals surface area contributed by atoms with E-state index < -0.39 is 0 Å². The molecule has 3 heteroatoms. The quantitative estimate of drug-likeness (QED) is 0.585. The minimum Gasteiger partial charge on any atom is -0.382 e. The summed E-state index contributed by atoms with van der Waals surface area (Å²) in [5, 5.41) is 0.682. The Bertz CT molecular complexity index is 148. The molecule has 1 atom stereocenters. The first kappa shape index (κ1) is 14.0. The molecular formula is C11H22O2S. The lowest BCUT2D eigenvalue weighted by atomic mass is 10.1. The average Bonchev–Trinajstić information content (AvgIpc) is 2.13. The largest absolute Gasteiger partial charge is 0.382 e. The summed E-state index contributed by atoms with van der Waals surface area (Å²) in [6.07, 6.45) is 4.53. The summed E-state index contributed by atoms with van der Waals surface area (Å²) in [5.41, 5.74) is 0. The van der Waals surface area contributed by atoms with Gasteiger partial charge < -0.3 is 4.74 Å². The van der Waals surface area contributed by atoms with Crippen LogP contribution in [0.25, 0.3) is 0 Å². The highest BCUT2D eigenvalue weighted by atomic mass is 32.2. The summed E-state index contributed by atoms with van der Waals surface area (Å²) in [4.78, 5) is 11.0. The third kappa shape index (κ3) is 8.57. The number of hydrogen-bond donors (Lipinski definition) is 0. The van der Waals surface area contributed by atoms with Crippen molar-refractivity contribution in [2.45, 2.75) is 51.7 Å². The monoisotopic (exact) mass is 218 g/mol. The Morgan fingerprint density at radius 2 is 2.07 bits per heavy atom.